The molecule has 1 fully saturated rings. The van der Waals surface area contributed by atoms with Crippen LogP contribution in [0, 0.1) is 17.8 Å². The molecule has 1 saturated carbocycles. The molecule has 0 aromatic heterocycles. The summed E-state index contributed by atoms with van der Waals surface area (Å²) < 4.78 is 5.61. The number of rotatable bonds is 4. The molecule has 0 N–H and O–H groups in total. The molecule has 0 radical (unpaired) electrons. The Kier molecular flexibility index (Phi) is 5.07. The van der Waals surface area contributed by atoms with E-state index in [0.29, 0.717) is 17.8 Å². The molecule has 15 heavy (non-hydrogen) atoms. The highest BCUT2D eigenvalue weighted by atomic mass is 35.5. The van der Waals surface area contributed by atoms with Gasteiger partial charge in [-0.25, -0.2) is 0 Å². The van der Waals surface area contributed by atoms with Crippen molar-refractivity contribution in [1.82, 2.24) is 0 Å². The van der Waals surface area contributed by atoms with Crippen molar-refractivity contribution in [1.29, 1.82) is 0 Å². The highest BCUT2D eigenvalue weighted by molar-refractivity contribution is 6.63. The van der Waals surface area contributed by atoms with Gasteiger partial charge in [-0.05, 0) is 42.2 Å². The number of carbonyl (C=O) groups excluding carboxylic acids is 1. The lowest BCUT2D eigenvalue weighted by atomic mass is 9.75. The Morgan fingerprint density at radius 1 is 1.47 bits per heavy atom. The normalized spacial score (nSPS) is 31.9. The molecule has 0 amide bonds. The Morgan fingerprint density at radius 3 is 2.67 bits per heavy atom. The van der Waals surface area contributed by atoms with Crippen LogP contribution in [0.4, 0.5) is 0 Å². The van der Waals surface area contributed by atoms with Crippen LogP contribution in [0.25, 0.3) is 0 Å². The van der Waals surface area contributed by atoms with E-state index < -0.39 is 5.24 Å². The summed E-state index contributed by atoms with van der Waals surface area (Å²) in [7, 11) is 0. The second-order valence-electron chi connectivity index (χ2n) is 5.03. The Bertz CT molecular complexity index is 216. The maximum absolute atomic E-state index is 10.7. The van der Waals surface area contributed by atoms with Crippen molar-refractivity contribution in [3.8, 4) is 0 Å². The van der Waals surface area contributed by atoms with Gasteiger partial charge in [0.25, 0.3) is 0 Å². The summed E-state index contributed by atoms with van der Waals surface area (Å²) in [5.74, 6) is 1.90. The fourth-order valence-electron chi connectivity index (χ4n) is 2.48. The third-order valence-corrected chi connectivity index (χ3v) is 3.48. The first-order valence-corrected chi connectivity index (χ1v) is 6.18. The molecule has 0 aromatic rings. The summed E-state index contributed by atoms with van der Waals surface area (Å²) in [6.07, 6.45) is 3.77. The second kappa shape index (κ2) is 5.86. The molecule has 1 aliphatic carbocycles. The lowest BCUT2D eigenvalue weighted by Gasteiger charge is -2.36. The molecular formula is C12H21ClO2. The van der Waals surface area contributed by atoms with Crippen LogP contribution in [0.3, 0.4) is 0 Å². The van der Waals surface area contributed by atoms with Crippen LogP contribution in [0.1, 0.15) is 40.0 Å². The van der Waals surface area contributed by atoms with Gasteiger partial charge in [0.1, 0.15) is 6.61 Å². The smallest absolute Gasteiger partial charge is 0.247 e. The van der Waals surface area contributed by atoms with Crippen LogP contribution in [0.15, 0.2) is 0 Å². The molecule has 0 bridgehead atoms. The van der Waals surface area contributed by atoms with Gasteiger partial charge in [-0.3, -0.25) is 4.79 Å². The average molecular weight is 233 g/mol. The van der Waals surface area contributed by atoms with E-state index in [9.17, 15) is 4.79 Å². The molecule has 0 aliphatic heterocycles. The summed E-state index contributed by atoms with van der Waals surface area (Å²) >= 11 is 5.30. The van der Waals surface area contributed by atoms with Gasteiger partial charge in [0.2, 0.25) is 5.24 Å². The first kappa shape index (κ1) is 13.0. The molecule has 2 nitrogen and oxygen atoms in total. The molecule has 0 aromatic carbocycles. The fourth-order valence-corrected chi connectivity index (χ4v) is 2.54. The van der Waals surface area contributed by atoms with Gasteiger partial charge >= 0.3 is 0 Å². The number of carbonyl (C=O) groups is 1. The van der Waals surface area contributed by atoms with Crippen LogP contribution >= 0.6 is 11.6 Å². The molecular weight excluding hydrogens is 212 g/mol. The summed E-state index contributed by atoms with van der Waals surface area (Å²) in [4.78, 5) is 10.7. The largest absolute Gasteiger partial charge is 0.369 e. The summed E-state index contributed by atoms with van der Waals surface area (Å²) in [6.45, 7) is 6.75. The second-order valence-corrected chi connectivity index (χ2v) is 5.45. The maximum atomic E-state index is 10.7. The Balaban J connectivity index is 2.50. The number of halogens is 1. The zero-order valence-electron chi connectivity index (χ0n) is 9.83. The van der Waals surface area contributed by atoms with Crippen molar-refractivity contribution in [3.63, 3.8) is 0 Å². The zero-order valence-corrected chi connectivity index (χ0v) is 10.6. The molecule has 1 rings (SSSR count). The van der Waals surface area contributed by atoms with Crippen LogP contribution in [-0.4, -0.2) is 18.0 Å². The maximum Gasteiger partial charge on any atom is 0.247 e. The first-order valence-electron chi connectivity index (χ1n) is 5.80. The monoisotopic (exact) mass is 232 g/mol. The molecule has 0 spiro atoms. The Hall–Kier alpha value is -0.0800. The zero-order chi connectivity index (χ0) is 11.4. The van der Waals surface area contributed by atoms with E-state index in [4.69, 9.17) is 16.3 Å². The van der Waals surface area contributed by atoms with Crippen LogP contribution in [-0.2, 0) is 9.53 Å². The van der Waals surface area contributed by atoms with Gasteiger partial charge in [-0.15, -0.1) is 0 Å². The van der Waals surface area contributed by atoms with E-state index in [1.54, 1.807) is 0 Å². The van der Waals surface area contributed by atoms with Crippen molar-refractivity contribution >= 4 is 16.8 Å². The van der Waals surface area contributed by atoms with E-state index in [1.807, 2.05) is 0 Å². The van der Waals surface area contributed by atoms with Crippen LogP contribution in [0.2, 0.25) is 0 Å². The lowest BCUT2D eigenvalue weighted by Crippen LogP contribution is -2.35. The quantitative estimate of drug-likeness (QED) is 0.696. The SMILES string of the molecule is CC(C)[C@@H]1CC[C@H](C)C[C@H]1OCC(=O)Cl. The third kappa shape index (κ3) is 4.12. The summed E-state index contributed by atoms with van der Waals surface area (Å²) in [5, 5.41) is -0.393. The number of hydrogen-bond donors (Lipinski definition) is 0. The van der Waals surface area contributed by atoms with Gasteiger partial charge in [-0.2, -0.15) is 0 Å². The van der Waals surface area contributed by atoms with E-state index in [0.717, 1.165) is 6.42 Å². The first-order chi connectivity index (χ1) is 7.00. The Morgan fingerprint density at radius 2 is 2.13 bits per heavy atom. The highest BCUT2D eigenvalue weighted by Crippen LogP contribution is 2.35. The minimum Gasteiger partial charge on any atom is -0.369 e. The van der Waals surface area contributed by atoms with Crippen molar-refractivity contribution < 1.29 is 9.53 Å². The standard InChI is InChI=1S/C12H21ClO2/c1-8(2)10-5-4-9(3)6-11(10)15-7-12(13)14/h8-11H,4-7H2,1-3H3/t9-,10-,11+/m0/s1. The van der Waals surface area contributed by atoms with Gasteiger partial charge in [0.05, 0.1) is 6.10 Å². The molecule has 0 unspecified atom stereocenters. The van der Waals surface area contributed by atoms with E-state index in [1.165, 1.54) is 12.8 Å². The van der Waals surface area contributed by atoms with Crippen molar-refractivity contribution in [2.45, 2.75) is 46.1 Å². The minimum absolute atomic E-state index is 0.0577. The Labute approximate surface area is 97.3 Å². The molecule has 3 atom stereocenters. The minimum atomic E-state index is -0.393. The predicted molar refractivity (Wildman–Crippen MR) is 61.9 cm³/mol. The number of hydrogen-bond acceptors (Lipinski definition) is 2. The van der Waals surface area contributed by atoms with Gasteiger partial charge in [-0.1, -0.05) is 27.2 Å². The summed E-state index contributed by atoms with van der Waals surface area (Å²) in [5.41, 5.74) is 0. The molecule has 0 heterocycles. The summed E-state index contributed by atoms with van der Waals surface area (Å²) in [6, 6.07) is 0. The van der Waals surface area contributed by atoms with Gasteiger partial charge in [0, 0.05) is 0 Å². The molecule has 0 saturated heterocycles. The van der Waals surface area contributed by atoms with Crippen molar-refractivity contribution in [3.05, 3.63) is 0 Å². The van der Waals surface area contributed by atoms with E-state index in [-0.39, 0.29) is 12.7 Å². The van der Waals surface area contributed by atoms with Crippen LogP contribution in [0.5, 0.6) is 0 Å². The van der Waals surface area contributed by atoms with E-state index in [2.05, 4.69) is 20.8 Å². The average Bonchev–Trinajstić information content (AvgIpc) is 2.14. The lowest BCUT2D eigenvalue weighted by molar-refractivity contribution is -0.121. The third-order valence-electron chi connectivity index (χ3n) is 3.37. The van der Waals surface area contributed by atoms with Crippen LogP contribution < -0.4 is 0 Å². The van der Waals surface area contributed by atoms with Gasteiger partial charge < -0.3 is 4.74 Å². The molecule has 3 heteroatoms. The fraction of sp³-hybridized carbons (Fsp3) is 0.917. The van der Waals surface area contributed by atoms with Crippen molar-refractivity contribution in [2.24, 2.45) is 17.8 Å². The molecule has 88 valence electrons. The van der Waals surface area contributed by atoms with E-state index >= 15 is 0 Å². The topological polar surface area (TPSA) is 26.3 Å². The van der Waals surface area contributed by atoms with Gasteiger partial charge in [0.15, 0.2) is 0 Å². The number of ether oxygens (including phenoxy) is 1. The highest BCUT2D eigenvalue weighted by Gasteiger charge is 2.31. The van der Waals surface area contributed by atoms with Crippen molar-refractivity contribution in [2.75, 3.05) is 6.61 Å². The molecule has 1 aliphatic rings. The predicted octanol–water partition coefficient (Wildman–Crippen LogP) is 3.23.